The molecule has 0 spiro atoms. The van der Waals surface area contributed by atoms with Crippen molar-refractivity contribution in [2.24, 2.45) is 0 Å². The van der Waals surface area contributed by atoms with Gasteiger partial charge in [0.25, 0.3) is 0 Å². The minimum Gasteiger partial charge on any atom is -0.456 e. The van der Waals surface area contributed by atoms with E-state index in [1.54, 1.807) is 11.3 Å². The van der Waals surface area contributed by atoms with Gasteiger partial charge in [0.15, 0.2) is 0 Å². The Bertz CT molecular complexity index is 2920. The summed E-state index contributed by atoms with van der Waals surface area (Å²) >= 11 is 3.71. The van der Waals surface area contributed by atoms with Crippen LogP contribution in [0.15, 0.2) is 155 Å². The summed E-state index contributed by atoms with van der Waals surface area (Å²) in [5, 5.41) is 17.3. The maximum atomic E-state index is 7.04. The SMILES string of the molecule is CC1=CSCC1c1c2ccccc2c(-c2ccc3c(c2)Cc2cccc(-c4c5ccccc5c(-c5cscc5C)c5ccccc45)c2O3)c2ccccc12. The van der Waals surface area contributed by atoms with E-state index >= 15 is 0 Å². The van der Waals surface area contributed by atoms with Crippen LogP contribution in [0.5, 0.6) is 11.5 Å². The van der Waals surface area contributed by atoms with Crippen molar-refractivity contribution in [1.82, 2.24) is 0 Å². The van der Waals surface area contributed by atoms with Gasteiger partial charge in [-0.05, 0) is 130 Å². The molecule has 3 heterocycles. The highest BCUT2D eigenvalue weighted by Gasteiger charge is 2.28. The van der Waals surface area contributed by atoms with Crippen LogP contribution in [0.4, 0.5) is 0 Å². The molecule has 8 aromatic carbocycles. The molecule has 2 aliphatic rings. The van der Waals surface area contributed by atoms with Crippen LogP contribution in [-0.2, 0) is 6.42 Å². The molecule has 1 unspecified atom stereocenters. The predicted molar refractivity (Wildman–Crippen MR) is 234 cm³/mol. The Kier molecular flexibility index (Phi) is 7.37. The number of thioether (sulfide) groups is 1. The van der Waals surface area contributed by atoms with Crippen molar-refractivity contribution >= 4 is 66.2 Å². The Hall–Kier alpha value is -5.61. The van der Waals surface area contributed by atoms with Crippen LogP contribution in [0.1, 0.15) is 35.1 Å². The lowest BCUT2D eigenvalue weighted by Crippen LogP contribution is -2.05. The Morgan fingerprint density at radius 2 is 1.11 bits per heavy atom. The van der Waals surface area contributed by atoms with Crippen molar-refractivity contribution in [3.05, 3.63) is 177 Å². The van der Waals surface area contributed by atoms with E-state index in [1.165, 1.54) is 98.7 Å². The number of rotatable bonds is 4. The number of hydrogen-bond donors (Lipinski definition) is 0. The van der Waals surface area contributed by atoms with E-state index in [4.69, 9.17) is 4.74 Å². The van der Waals surface area contributed by atoms with Crippen LogP contribution < -0.4 is 4.74 Å². The average molecular weight is 729 g/mol. The van der Waals surface area contributed by atoms with Crippen LogP contribution in [0.25, 0.3) is 76.5 Å². The maximum absolute atomic E-state index is 7.04. The molecular weight excluding hydrogens is 693 g/mol. The Morgan fingerprint density at radius 1 is 0.537 bits per heavy atom. The number of fused-ring (bicyclic) bond motifs is 6. The van der Waals surface area contributed by atoms with Crippen molar-refractivity contribution in [2.75, 3.05) is 5.75 Å². The third kappa shape index (κ3) is 4.78. The Labute approximate surface area is 323 Å². The number of hydrogen-bond acceptors (Lipinski definition) is 3. The summed E-state index contributed by atoms with van der Waals surface area (Å²) in [6.45, 7) is 4.52. The molecular formula is C51H36OS2. The van der Waals surface area contributed by atoms with Crippen LogP contribution in [0.3, 0.4) is 0 Å². The predicted octanol–water partition coefficient (Wildman–Crippen LogP) is 15.1. The smallest absolute Gasteiger partial charge is 0.138 e. The summed E-state index contributed by atoms with van der Waals surface area (Å²) < 4.78 is 7.04. The van der Waals surface area contributed by atoms with Gasteiger partial charge in [0.1, 0.15) is 11.5 Å². The van der Waals surface area contributed by atoms with Crippen LogP contribution in [0, 0.1) is 6.92 Å². The van der Waals surface area contributed by atoms with Gasteiger partial charge in [0.05, 0.1) is 0 Å². The lowest BCUT2D eigenvalue weighted by Gasteiger charge is -2.26. The molecule has 0 saturated carbocycles. The van der Waals surface area contributed by atoms with E-state index in [1.807, 2.05) is 11.8 Å². The fourth-order valence-electron chi connectivity index (χ4n) is 9.30. The molecule has 11 rings (SSSR count). The minimum absolute atomic E-state index is 0.423. The molecule has 0 amide bonds. The lowest BCUT2D eigenvalue weighted by molar-refractivity contribution is 0.462. The molecule has 9 aromatic rings. The largest absolute Gasteiger partial charge is 0.456 e. The van der Waals surface area contributed by atoms with Gasteiger partial charge in [-0.3, -0.25) is 0 Å². The second-order valence-corrected chi connectivity index (χ2v) is 16.5. The number of allylic oxidation sites excluding steroid dienone is 1. The number of para-hydroxylation sites is 1. The van der Waals surface area contributed by atoms with Crippen molar-refractivity contribution in [2.45, 2.75) is 26.2 Å². The molecule has 0 bridgehead atoms. The fourth-order valence-corrected chi connectivity index (χ4v) is 11.3. The summed E-state index contributed by atoms with van der Waals surface area (Å²) in [4.78, 5) is 0. The highest BCUT2D eigenvalue weighted by molar-refractivity contribution is 8.02. The molecule has 0 aliphatic carbocycles. The molecule has 1 nitrogen and oxygen atoms in total. The zero-order valence-electron chi connectivity index (χ0n) is 30.2. The fraction of sp³-hybridized carbons (Fsp3) is 0.0980. The molecule has 0 fully saturated rings. The Balaban J connectivity index is 1.07. The monoisotopic (exact) mass is 728 g/mol. The topological polar surface area (TPSA) is 9.23 Å². The summed E-state index contributed by atoms with van der Waals surface area (Å²) in [5.74, 6) is 3.42. The highest BCUT2D eigenvalue weighted by Crippen LogP contribution is 2.51. The van der Waals surface area contributed by atoms with Crippen molar-refractivity contribution in [3.8, 4) is 44.9 Å². The Morgan fingerprint density at radius 3 is 1.67 bits per heavy atom. The summed E-state index contributed by atoms with van der Waals surface area (Å²) in [5.41, 5.74) is 14.2. The van der Waals surface area contributed by atoms with Crippen molar-refractivity contribution < 1.29 is 4.74 Å². The summed E-state index contributed by atoms with van der Waals surface area (Å²) in [6.07, 6.45) is 0.811. The molecule has 2 aliphatic heterocycles. The summed E-state index contributed by atoms with van der Waals surface area (Å²) in [7, 11) is 0. The molecule has 54 heavy (non-hydrogen) atoms. The number of ether oxygens (including phenoxy) is 1. The maximum Gasteiger partial charge on any atom is 0.138 e. The van der Waals surface area contributed by atoms with Gasteiger partial charge in [0.2, 0.25) is 0 Å². The van der Waals surface area contributed by atoms with Crippen molar-refractivity contribution in [3.63, 3.8) is 0 Å². The van der Waals surface area contributed by atoms with Crippen LogP contribution in [-0.4, -0.2) is 5.75 Å². The molecule has 0 saturated heterocycles. The third-order valence-electron chi connectivity index (χ3n) is 11.8. The number of thiophene rings is 1. The highest BCUT2D eigenvalue weighted by atomic mass is 32.2. The van der Waals surface area contributed by atoms with Gasteiger partial charge in [0, 0.05) is 29.2 Å². The normalized spacial score (nSPS) is 15.1. The van der Waals surface area contributed by atoms with Crippen LogP contribution in [0.2, 0.25) is 0 Å². The lowest BCUT2D eigenvalue weighted by atomic mass is 9.82. The molecule has 0 N–H and O–H groups in total. The molecule has 258 valence electrons. The first kappa shape index (κ1) is 31.9. The molecule has 3 heteroatoms. The molecule has 1 aromatic heterocycles. The van der Waals surface area contributed by atoms with Gasteiger partial charge < -0.3 is 4.74 Å². The van der Waals surface area contributed by atoms with Gasteiger partial charge in [-0.25, -0.2) is 0 Å². The second-order valence-electron chi connectivity index (χ2n) is 14.8. The molecule has 0 radical (unpaired) electrons. The summed E-state index contributed by atoms with van der Waals surface area (Å²) in [6, 6.07) is 49.5. The minimum atomic E-state index is 0.423. The van der Waals surface area contributed by atoms with Gasteiger partial charge in [-0.1, -0.05) is 127 Å². The second kappa shape index (κ2) is 12.5. The zero-order chi connectivity index (χ0) is 35.9. The number of aryl methyl sites for hydroxylation is 1. The first-order valence-electron chi connectivity index (χ1n) is 18.8. The van der Waals surface area contributed by atoms with E-state index in [-0.39, 0.29) is 0 Å². The first-order chi connectivity index (χ1) is 26.6. The van der Waals surface area contributed by atoms with E-state index < -0.39 is 0 Å². The zero-order valence-corrected chi connectivity index (χ0v) is 31.8. The third-order valence-corrected chi connectivity index (χ3v) is 13.7. The number of benzene rings is 8. The van der Waals surface area contributed by atoms with Gasteiger partial charge in [-0.2, -0.15) is 11.3 Å². The molecule has 1 atom stereocenters. The van der Waals surface area contributed by atoms with Crippen molar-refractivity contribution in [1.29, 1.82) is 0 Å². The van der Waals surface area contributed by atoms with E-state index in [0.29, 0.717) is 5.92 Å². The van der Waals surface area contributed by atoms with Crippen LogP contribution >= 0.6 is 23.1 Å². The first-order valence-corrected chi connectivity index (χ1v) is 20.7. The van der Waals surface area contributed by atoms with E-state index in [2.05, 4.69) is 163 Å². The average Bonchev–Trinajstić information content (AvgIpc) is 3.84. The standard InChI is InChI=1S/C51H36OS2/c1-30-26-53-28-44(30)49-37-15-5-3-13-35(37)47(36-14-4-6-16-38(36)49)32-22-23-46-34(24-32)25-33-12-11-21-43(51(33)52-46)48-39-17-7-9-19-41(39)50(45-29-54-27-31(45)2)42-20-10-8-18-40(42)48/h3-24,26-27,29,44H,25,28H2,1-2H3. The van der Waals surface area contributed by atoms with Gasteiger partial charge in [-0.15, -0.1) is 11.8 Å². The van der Waals surface area contributed by atoms with E-state index in [0.717, 1.165) is 29.2 Å². The van der Waals surface area contributed by atoms with E-state index in [9.17, 15) is 0 Å². The van der Waals surface area contributed by atoms with Gasteiger partial charge >= 0.3 is 0 Å². The quantitative estimate of drug-likeness (QED) is 0.167.